The summed E-state index contributed by atoms with van der Waals surface area (Å²) < 4.78 is 47.1. The molecule has 2 aromatic rings. The van der Waals surface area contributed by atoms with Crippen molar-refractivity contribution in [3.63, 3.8) is 0 Å². The quantitative estimate of drug-likeness (QED) is 0.864. The first-order valence-electron chi connectivity index (χ1n) is 7.60. The van der Waals surface area contributed by atoms with E-state index in [1.807, 2.05) is 6.92 Å². The Morgan fingerprint density at radius 1 is 1.13 bits per heavy atom. The number of sulfonamides is 1. The van der Waals surface area contributed by atoms with Gasteiger partial charge in [0.1, 0.15) is 4.90 Å². The van der Waals surface area contributed by atoms with Crippen molar-refractivity contribution in [2.75, 3.05) is 20.2 Å². The highest BCUT2D eigenvalue weighted by Crippen LogP contribution is 2.31. The third-order valence-electron chi connectivity index (χ3n) is 4.72. The van der Waals surface area contributed by atoms with Crippen LogP contribution in [0.25, 0.3) is 10.8 Å². The molecule has 0 unspecified atom stereocenters. The van der Waals surface area contributed by atoms with Crippen molar-refractivity contribution in [1.29, 1.82) is 0 Å². The van der Waals surface area contributed by atoms with Crippen molar-refractivity contribution in [2.24, 2.45) is 0 Å². The second kappa shape index (κ2) is 5.85. The summed E-state index contributed by atoms with van der Waals surface area (Å²) in [5, 5.41) is 1.02. The molecule has 1 saturated heterocycles. The number of hydrogen-bond acceptors (Lipinski definition) is 3. The lowest BCUT2D eigenvalue weighted by molar-refractivity contribution is -0.0299. The summed E-state index contributed by atoms with van der Waals surface area (Å²) in [6, 6.07) is 9.87. The minimum Gasteiger partial charge on any atom is -0.378 e. The number of nitrogens with zero attached hydrogens (tertiary/aromatic N) is 1. The Kier molecular flexibility index (Phi) is 4.16. The van der Waals surface area contributed by atoms with Gasteiger partial charge in [0.05, 0.1) is 5.60 Å². The fraction of sp³-hybridized carbons (Fsp3) is 0.412. The summed E-state index contributed by atoms with van der Waals surface area (Å²) in [4.78, 5) is -0.253. The van der Waals surface area contributed by atoms with Gasteiger partial charge < -0.3 is 4.74 Å². The summed E-state index contributed by atoms with van der Waals surface area (Å²) >= 11 is 0. The van der Waals surface area contributed by atoms with Gasteiger partial charge >= 0.3 is 0 Å². The highest BCUT2D eigenvalue weighted by atomic mass is 32.2. The van der Waals surface area contributed by atoms with Crippen LogP contribution in [-0.4, -0.2) is 38.5 Å². The van der Waals surface area contributed by atoms with E-state index in [9.17, 15) is 12.8 Å². The van der Waals surface area contributed by atoms with E-state index >= 15 is 0 Å². The average molecular weight is 337 g/mol. The van der Waals surface area contributed by atoms with Gasteiger partial charge in [-0.25, -0.2) is 12.8 Å². The lowest BCUT2D eigenvalue weighted by Gasteiger charge is -2.37. The number of hydrogen-bond donors (Lipinski definition) is 0. The second-order valence-electron chi connectivity index (χ2n) is 6.16. The lowest BCUT2D eigenvalue weighted by Crippen LogP contribution is -2.46. The molecule has 0 N–H and O–H groups in total. The number of rotatable bonds is 3. The Bertz CT molecular complexity index is 827. The van der Waals surface area contributed by atoms with Gasteiger partial charge in [0, 0.05) is 25.6 Å². The minimum absolute atomic E-state index is 0.253. The van der Waals surface area contributed by atoms with Crippen LogP contribution in [0.3, 0.4) is 0 Å². The van der Waals surface area contributed by atoms with Crippen molar-refractivity contribution >= 4 is 20.8 Å². The molecule has 2 aromatic carbocycles. The van der Waals surface area contributed by atoms with Crippen molar-refractivity contribution in [1.82, 2.24) is 4.31 Å². The fourth-order valence-electron chi connectivity index (χ4n) is 2.96. The molecule has 0 bridgehead atoms. The van der Waals surface area contributed by atoms with Gasteiger partial charge in [-0.05, 0) is 31.2 Å². The van der Waals surface area contributed by atoms with Crippen LogP contribution in [0, 0.1) is 5.82 Å². The van der Waals surface area contributed by atoms with Crippen LogP contribution >= 0.6 is 0 Å². The van der Waals surface area contributed by atoms with E-state index in [0.717, 1.165) is 0 Å². The van der Waals surface area contributed by atoms with Crippen molar-refractivity contribution in [3.05, 3.63) is 42.2 Å². The van der Waals surface area contributed by atoms with E-state index < -0.39 is 15.8 Å². The van der Waals surface area contributed by atoms with Gasteiger partial charge in [-0.1, -0.05) is 30.3 Å². The van der Waals surface area contributed by atoms with Gasteiger partial charge in [-0.15, -0.1) is 0 Å². The largest absolute Gasteiger partial charge is 0.378 e. The topological polar surface area (TPSA) is 46.6 Å². The predicted molar refractivity (Wildman–Crippen MR) is 87.3 cm³/mol. The molecule has 0 spiro atoms. The maximum absolute atomic E-state index is 14.7. The number of benzene rings is 2. The van der Waals surface area contributed by atoms with Crippen LogP contribution in [-0.2, 0) is 14.8 Å². The van der Waals surface area contributed by atoms with Crippen molar-refractivity contribution in [3.8, 4) is 0 Å². The van der Waals surface area contributed by atoms with Crippen LogP contribution in [0.4, 0.5) is 4.39 Å². The summed E-state index contributed by atoms with van der Waals surface area (Å²) in [7, 11) is -2.21. The third-order valence-corrected chi connectivity index (χ3v) is 6.63. The first-order chi connectivity index (χ1) is 10.9. The molecule has 0 aromatic heterocycles. The van der Waals surface area contributed by atoms with Gasteiger partial charge in [0.25, 0.3) is 0 Å². The van der Waals surface area contributed by atoms with Gasteiger partial charge in [0.15, 0.2) is 5.82 Å². The van der Waals surface area contributed by atoms with Crippen LogP contribution in [0.15, 0.2) is 41.3 Å². The molecular weight excluding hydrogens is 317 g/mol. The van der Waals surface area contributed by atoms with Crippen molar-refractivity contribution < 1.29 is 17.5 Å². The molecule has 0 aliphatic carbocycles. The Morgan fingerprint density at radius 3 is 2.43 bits per heavy atom. The molecule has 4 nitrogen and oxygen atoms in total. The van der Waals surface area contributed by atoms with Crippen LogP contribution in [0.5, 0.6) is 0 Å². The molecule has 1 aliphatic rings. The zero-order valence-corrected chi connectivity index (χ0v) is 14.1. The van der Waals surface area contributed by atoms with E-state index in [-0.39, 0.29) is 10.5 Å². The summed E-state index contributed by atoms with van der Waals surface area (Å²) in [6.07, 6.45) is 1.19. The van der Waals surface area contributed by atoms with Crippen LogP contribution < -0.4 is 0 Å². The molecular formula is C17H20FNO3S. The molecule has 0 amide bonds. The maximum atomic E-state index is 14.7. The van der Waals surface area contributed by atoms with Crippen molar-refractivity contribution in [2.45, 2.75) is 30.3 Å². The lowest BCUT2D eigenvalue weighted by atomic mass is 9.95. The monoisotopic (exact) mass is 337 g/mol. The number of methoxy groups -OCH3 is 1. The third kappa shape index (κ3) is 2.86. The molecule has 1 heterocycles. The second-order valence-corrected chi connectivity index (χ2v) is 8.06. The molecule has 6 heteroatoms. The van der Waals surface area contributed by atoms with Gasteiger partial charge in [-0.3, -0.25) is 0 Å². The Morgan fingerprint density at radius 2 is 1.78 bits per heavy atom. The molecule has 0 radical (unpaired) electrons. The van der Waals surface area contributed by atoms with Crippen LogP contribution in [0.2, 0.25) is 0 Å². The zero-order valence-electron chi connectivity index (χ0n) is 13.3. The van der Waals surface area contributed by atoms with Gasteiger partial charge in [-0.2, -0.15) is 4.31 Å². The van der Waals surface area contributed by atoms with Gasteiger partial charge in [0.2, 0.25) is 10.0 Å². The molecule has 3 rings (SSSR count). The Balaban J connectivity index is 1.96. The molecule has 0 saturated carbocycles. The average Bonchev–Trinajstić information content (AvgIpc) is 2.55. The first-order valence-corrected chi connectivity index (χ1v) is 9.04. The molecule has 1 fully saturated rings. The zero-order chi connectivity index (χ0) is 16.7. The summed E-state index contributed by atoms with van der Waals surface area (Å²) in [6.45, 7) is 2.63. The SMILES string of the molecule is COC1(C)CCN(S(=O)(=O)c2ccc3ccccc3c2F)CC1. The smallest absolute Gasteiger partial charge is 0.246 e. The fourth-order valence-corrected chi connectivity index (χ4v) is 4.47. The normalized spacial score (nSPS) is 19.1. The van der Waals surface area contributed by atoms with E-state index in [1.54, 1.807) is 37.4 Å². The van der Waals surface area contributed by atoms with E-state index in [4.69, 9.17) is 4.74 Å². The van der Waals surface area contributed by atoms with E-state index in [2.05, 4.69) is 0 Å². The molecule has 1 aliphatic heterocycles. The Labute approximate surface area is 135 Å². The molecule has 23 heavy (non-hydrogen) atoms. The standard InChI is InChI=1S/C17H20FNO3S/c1-17(22-2)9-11-19(12-10-17)23(20,21)15-8-7-13-5-3-4-6-14(13)16(15)18/h3-8H,9-12H2,1-2H3. The number of piperidine rings is 1. The number of ether oxygens (including phenoxy) is 1. The van der Waals surface area contributed by atoms with Crippen LogP contribution in [0.1, 0.15) is 19.8 Å². The predicted octanol–water partition coefficient (Wildman–Crippen LogP) is 3.17. The van der Waals surface area contributed by atoms with E-state index in [1.165, 1.54) is 10.4 Å². The maximum Gasteiger partial charge on any atom is 0.246 e. The van der Waals surface area contributed by atoms with E-state index in [0.29, 0.717) is 36.7 Å². The molecule has 124 valence electrons. The summed E-state index contributed by atoms with van der Waals surface area (Å²) in [5.41, 5.74) is -0.312. The molecule has 0 atom stereocenters. The minimum atomic E-state index is -3.84. The summed E-state index contributed by atoms with van der Waals surface area (Å²) in [5.74, 6) is -0.678. The highest BCUT2D eigenvalue weighted by molar-refractivity contribution is 7.89. The Hall–Kier alpha value is -1.50. The first kappa shape index (κ1) is 16.4. The number of fused-ring (bicyclic) bond motifs is 1. The highest BCUT2D eigenvalue weighted by Gasteiger charge is 2.36. The number of halogens is 1.